The van der Waals surface area contributed by atoms with Crippen molar-refractivity contribution in [2.24, 2.45) is 0 Å². The minimum absolute atomic E-state index is 0.0500. The molecule has 0 spiro atoms. The Morgan fingerprint density at radius 3 is 2.52 bits per heavy atom. The SMILES string of the molecule is COc1ccc2cc([C@H](C)C(=O)OCC(=O)N[C@@]3(C)CCS(=O)(=O)C3)ccc2c1. The van der Waals surface area contributed by atoms with Crippen molar-refractivity contribution in [2.45, 2.75) is 31.7 Å². The monoisotopic (exact) mass is 419 g/mol. The van der Waals surface area contributed by atoms with Crippen LogP contribution in [0.4, 0.5) is 0 Å². The zero-order valence-corrected chi connectivity index (χ0v) is 17.5. The molecule has 1 aliphatic heterocycles. The zero-order valence-electron chi connectivity index (χ0n) is 16.7. The van der Waals surface area contributed by atoms with Crippen LogP contribution < -0.4 is 10.1 Å². The highest BCUT2D eigenvalue weighted by atomic mass is 32.2. The van der Waals surface area contributed by atoms with Gasteiger partial charge in [-0.05, 0) is 48.7 Å². The van der Waals surface area contributed by atoms with Crippen LogP contribution in [0.5, 0.6) is 5.75 Å². The molecule has 0 aliphatic carbocycles. The van der Waals surface area contributed by atoms with E-state index in [4.69, 9.17) is 9.47 Å². The molecule has 0 saturated carbocycles. The maximum absolute atomic E-state index is 12.4. The maximum Gasteiger partial charge on any atom is 0.313 e. The highest BCUT2D eigenvalue weighted by molar-refractivity contribution is 7.91. The van der Waals surface area contributed by atoms with Crippen molar-refractivity contribution in [2.75, 3.05) is 25.2 Å². The van der Waals surface area contributed by atoms with E-state index in [0.29, 0.717) is 6.42 Å². The van der Waals surface area contributed by atoms with Crippen molar-refractivity contribution in [1.82, 2.24) is 5.32 Å². The minimum Gasteiger partial charge on any atom is -0.497 e. The first-order valence-corrected chi connectivity index (χ1v) is 11.2. The molecule has 3 rings (SSSR count). The van der Waals surface area contributed by atoms with Crippen molar-refractivity contribution < 1.29 is 27.5 Å². The summed E-state index contributed by atoms with van der Waals surface area (Å²) in [6.45, 7) is 2.96. The summed E-state index contributed by atoms with van der Waals surface area (Å²) < 4.78 is 33.6. The van der Waals surface area contributed by atoms with Gasteiger partial charge < -0.3 is 14.8 Å². The lowest BCUT2D eigenvalue weighted by Crippen LogP contribution is -2.48. The largest absolute Gasteiger partial charge is 0.497 e. The van der Waals surface area contributed by atoms with E-state index < -0.39 is 39.8 Å². The predicted molar refractivity (Wildman–Crippen MR) is 110 cm³/mol. The molecule has 7 nitrogen and oxygen atoms in total. The number of fused-ring (bicyclic) bond motifs is 1. The van der Waals surface area contributed by atoms with Gasteiger partial charge in [0.25, 0.3) is 5.91 Å². The first-order valence-electron chi connectivity index (χ1n) is 9.37. The molecule has 29 heavy (non-hydrogen) atoms. The second-order valence-corrected chi connectivity index (χ2v) is 9.94. The van der Waals surface area contributed by atoms with Gasteiger partial charge in [0.1, 0.15) is 5.75 Å². The minimum atomic E-state index is -3.13. The summed E-state index contributed by atoms with van der Waals surface area (Å²) in [5.41, 5.74) is -0.0326. The second kappa shape index (κ2) is 8.02. The standard InChI is InChI=1S/C21H25NO6S/c1-14(15-4-5-17-11-18(27-3)7-6-16(17)10-15)20(24)28-12-19(23)22-21(2)8-9-29(25,26)13-21/h4-7,10-11,14H,8-9,12-13H2,1-3H3,(H,22,23)/t14-,21-/m0/s1. The zero-order chi connectivity index (χ0) is 21.2. The van der Waals surface area contributed by atoms with Crippen LogP contribution in [0, 0.1) is 0 Å². The molecule has 0 radical (unpaired) electrons. The summed E-state index contributed by atoms with van der Waals surface area (Å²) in [5.74, 6) is -0.857. The molecule has 1 aliphatic rings. The molecular formula is C21H25NO6S. The number of carbonyl (C=O) groups is 2. The van der Waals surface area contributed by atoms with Crippen LogP contribution in [-0.4, -0.2) is 51.1 Å². The van der Waals surface area contributed by atoms with Crippen molar-refractivity contribution in [3.63, 3.8) is 0 Å². The first-order chi connectivity index (χ1) is 13.6. The van der Waals surface area contributed by atoms with Gasteiger partial charge in [-0.3, -0.25) is 9.59 Å². The molecule has 8 heteroatoms. The van der Waals surface area contributed by atoms with Crippen molar-refractivity contribution in [3.05, 3.63) is 42.0 Å². The molecule has 0 bridgehead atoms. The van der Waals surface area contributed by atoms with Gasteiger partial charge in [0, 0.05) is 0 Å². The summed E-state index contributed by atoms with van der Waals surface area (Å²) in [7, 11) is -1.53. The molecule has 1 heterocycles. The van der Waals surface area contributed by atoms with Crippen LogP contribution in [0.3, 0.4) is 0 Å². The molecule has 156 valence electrons. The Bertz CT molecular complexity index is 1050. The number of nitrogens with one attached hydrogen (secondary N) is 1. The second-order valence-electron chi connectivity index (χ2n) is 7.75. The van der Waals surface area contributed by atoms with E-state index in [9.17, 15) is 18.0 Å². The predicted octanol–water partition coefficient (Wildman–Crippen LogP) is 2.19. The summed E-state index contributed by atoms with van der Waals surface area (Å²) in [4.78, 5) is 24.5. The average Bonchev–Trinajstić information content (AvgIpc) is 2.96. The lowest BCUT2D eigenvalue weighted by atomic mass is 9.98. The number of benzene rings is 2. The van der Waals surface area contributed by atoms with Crippen LogP contribution >= 0.6 is 0 Å². The van der Waals surface area contributed by atoms with Crippen molar-refractivity contribution in [1.29, 1.82) is 0 Å². The molecule has 2 aromatic carbocycles. The lowest BCUT2D eigenvalue weighted by Gasteiger charge is -2.23. The number of hydrogen-bond donors (Lipinski definition) is 1. The highest BCUT2D eigenvalue weighted by Gasteiger charge is 2.39. The molecule has 0 unspecified atom stereocenters. The normalized spacial score (nSPS) is 21.5. The Kier molecular flexibility index (Phi) is 5.84. The number of hydrogen-bond acceptors (Lipinski definition) is 6. The number of ether oxygens (including phenoxy) is 2. The number of sulfone groups is 1. The third kappa shape index (κ3) is 5.06. The van der Waals surface area contributed by atoms with Gasteiger partial charge in [0.2, 0.25) is 0 Å². The van der Waals surface area contributed by atoms with Gasteiger partial charge in [-0.15, -0.1) is 0 Å². The fourth-order valence-corrected chi connectivity index (χ4v) is 5.61. The summed E-state index contributed by atoms with van der Waals surface area (Å²) in [6.07, 6.45) is 0.354. The van der Waals surface area contributed by atoms with Crippen LogP contribution in [0.15, 0.2) is 36.4 Å². The molecular weight excluding hydrogens is 394 g/mol. The fourth-order valence-electron chi connectivity index (χ4n) is 3.52. The van der Waals surface area contributed by atoms with Crippen LogP contribution in [0.2, 0.25) is 0 Å². The number of amides is 1. The number of methoxy groups -OCH3 is 1. The maximum atomic E-state index is 12.4. The molecule has 2 atom stereocenters. The third-order valence-electron chi connectivity index (χ3n) is 5.22. The van der Waals surface area contributed by atoms with E-state index in [0.717, 1.165) is 22.1 Å². The molecule has 1 N–H and O–H groups in total. The van der Waals surface area contributed by atoms with Gasteiger partial charge in [-0.2, -0.15) is 0 Å². The van der Waals surface area contributed by atoms with Gasteiger partial charge in [-0.1, -0.05) is 24.3 Å². The van der Waals surface area contributed by atoms with Crippen LogP contribution in [-0.2, 0) is 24.2 Å². The Balaban J connectivity index is 1.59. The smallest absolute Gasteiger partial charge is 0.313 e. The number of esters is 1. The molecule has 2 aromatic rings. The van der Waals surface area contributed by atoms with E-state index in [1.165, 1.54) is 0 Å². The number of rotatable bonds is 6. The lowest BCUT2D eigenvalue weighted by molar-refractivity contribution is -0.150. The van der Waals surface area contributed by atoms with E-state index in [1.54, 1.807) is 21.0 Å². The van der Waals surface area contributed by atoms with E-state index >= 15 is 0 Å². The van der Waals surface area contributed by atoms with Gasteiger partial charge in [-0.25, -0.2) is 8.42 Å². The van der Waals surface area contributed by atoms with E-state index in [1.807, 2.05) is 36.4 Å². The topological polar surface area (TPSA) is 98.8 Å². The Morgan fingerprint density at radius 2 is 1.86 bits per heavy atom. The fraction of sp³-hybridized carbons (Fsp3) is 0.429. The van der Waals surface area contributed by atoms with Crippen LogP contribution in [0.25, 0.3) is 10.8 Å². The van der Waals surface area contributed by atoms with E-state index in [2.05, 4.69) is 5.32 Å². The van der Waals surface area contributed by atoms with E-state index in [-0.39, 0.29) is 11.5 Å². The Hall–Kier alpha value is -2.61. The summed E-state index contributed by atoms with van der Waals surface area (Å²) in [5, 5.41) is 4.63. The van der Waals surface area contributed by atoms with Gasteiger partial charge in [0.15, 0.2) is 16.4 Å². The average molecular weight is 419 g/mol. The third-order valence-corrected chi connectivity index (χ3v) is 7.12. The van der Waals surface area contributed by atoms with Crippen molar-refractivity contribution >= 4 is 32.5 Å². The Morgan fingerprint density at radius 1 is 1.17 bits per heavy atom. The summed E-state index contributed by atoms with van der Waals surface area (Å²) >= 11 is 0. The Labute approximate surface area is 170 Å². The first kappa shape index (κ1) is 21.1. The van der Waals surface area contributed by atoms with Crippen LogP contribution in [0.1, 0.15) is 31.7 Å². The van der Waals surface area contributed by atoms with Gasteiger partial charge in [0.05, 0.1) is 30.1 Å². The number of carbonyl (C=O) groups excluding carboxylic acids is 2. The quantitative estimate of drug-likeness (QED) is 0.721. The molecule has 0 aromatic heterocycles. The molecule has 1 saturated heterocycles. The van der Waals surface area contributed by atoms with Gasteiger partial charge >= 0.3 is 5.97 Å². The highest BCUT2D eigenvalue weighted by Crippen LogP contribution is 2.26. The molecule has 1 amide bonds. The molecule has 1 fully saturated rings. The summed E-state index contributed by atoms with van der Waals surface area (Å²) in [6, 6.07) is 11.3. The van der Waals surface area contributed by atoms with Crippen molar-refractivity contribution in [3.8, 4) is 5.75 Å².